The number of rotatable bonds is 14. The zero-order valence-corrected chi connectivity index (χ0v) is 24.4. The van der Waals surface area contributed by atoms with E-state index in [1.165, 1.54) is 4.90 Å². The van der Waals surface area contributed by atoms with Crippen LogP contribution in [0.1, 0.15) is 38.3 Å². The number of benzene rings is 3. The molecule has 0 aliphatic heterocycles. The van der Waals surface area contributed by atoms with Gasteiger partial charge in [-0.2, -0.15) is 0 Å². The summed E-state index contributed by atoms with van der Waals surface area (Å²) in [4.78, 5) is 28.3. The highest BCUT2D eigenvalue weighted by Crippen LogP contribution is 2.23. The van der Waals surface area contributed by atoms with Crippen molar-refractivity contribution in [3.63, 3.8) is 0 Å². The molecule has 1 N–H and O–H groups in total. The van der Waals surface area contributed by atoms with Crippen LogP contribution in [0.25, 0.3) is 0 Å². The summed E-state index contributed by atoms with van der Waals surface area (Å²) in [5.41, 5.74) is 2.37. The lowest BCUT2D eigenvalue weighted by molar-refractivity contribution is -0.139. The van der Waals surface area contributed by atoms with E-state index < -0.39 is 28.5 Å². The van der Waals surface area contributed by atoms with Gasteiger partial charge in [0.05, 0.1) is 11.9 Å². The second-order valence-corrected chi connectivity index (χ2v) is 11.9. The number of carbonyl (C=O) groups excluding carboxylic acids is 2. The van der Waals surface area contributed by atoms with Crippen molar-refractivity contribution in [1.82, 2.24) is 10.2 Å². The molecule has 3 aromatic rings. The van der Waals surface area contributed by atoms with Gasteiger partial charge < -0.3 is 15.0 Å². The first-order chi connectivity index (χ1) is 19.1. The van der Waals surface area contributed by atoms with Gasteiger partial charge in [-0.15, -0.1) is 0 Å². The first kappa shape index (κ1) is 30.7. The van der Waals surface area contributed by atoms with Crippen LogP contribution in [0.2, 0.25) is 0 Å². The van der Waals surface area contributed by atoms with Crippen molar-refractivity contribution in [1.29, 1.82) is 0 Å². The molecule has 9 heteroatoms. The fourth-order valence-corrected chi connectivity index (χ4v) is 5.19. The number of hydrogen-bond acceptors (Lipinski definition) is 5. The van der Waals surface area contributed by atoms with Gasteiger partial charge in [0.2, 0.25) is 21.8 Å². The van der Waals surface area contributed by atoms with Crippen molar-refractivity contribution >= 4 is 27.5 Å². The minimum Gasteiger partial charge on any atom is -0.489 e. The Hall–Kier alpha value is -3.85. The van der Waals surface area contributed by atoms with Crippen LogP contribution in [-0.4, -0.2) is 56.6 Å². The molecule has 3 aromatic carbocycles. The van der Waals surface area contributed by atoms with Crippen LogP contribution in [0.3, 0.4) is 0 Å². The van der Waals surface area contributed by atoms with Gasteiger partial charge in [0, 0.05) is 12.6 Å². The Bertz CT molecular complexity index is 1330. The summed E-state index contributed by atoms with van der Waals surface area (Å²) in [6, 6.07) is 25.2. The summed E-state index contributed by atoms with van der Waals surface area (Å²) in [5.74, 6) is -0.130. The van der Waals surface area contributed by atoms with Gasteiger partial charge >= 0.3 is 0 Å². The first-order valence-electron chi connectivity index (χ1n) is 13.5. The standard InChI is InChI=1S/C31H39N3O5S/c1-5-29(31(36)32-24(2)3)33(21-20-25-12-8-6-9-13-25)30(35)22-34(40(4,37)38)27-16-18-28(19-17-27)39-23-26-14-10-7-11-15-26/h6-19,24,29H,5,20-23H2,1-4H3,(H,32,36)/t29-/m0/s1. The molecular formula is C31H39N3O5S. The molecule has 0 aromatic heterocycles. The number of hydrogen-bond donors (Lipinski definition) is 1. The van der Waals surface area contributed by atoms with E-state index in [-0.39, 0.29) is 18.5 Å². The Kier molecular flexibility index (Phi) is 11.1. The van der Waals surface area contributed by atoms with E-state index in [0.717, 1.165) is 21.7 Å². The number of nitrogens with zero attached hydrogens (tertiary/aromatic N) is 2. The largest absolute Gasteiger partial charge is 0.489 e. The van der Waals surface area contributed by atoms with E-state index in [2.05, 4.69) is 5.32 Å². The topological polar surface area (TPSA) is 96.0 Å². The highest BCUT2D eigenvalue weighted by molar-refractivity contribution is 7.92. The van der Waals surface area contributed by atoms with Crippen molar-refractivity contribution in [2.45, 2.75) is 52.3 Å². The molecule has 0 unspecified atom stereocenters. The number of sulfonamides is 1. The molecule has 214 valence electrons. The molecule has 0 spiro atoms. The van der Waals surface area contributed by atoms with Crippen LogP contribution < -0.4 is 14.4 Å². The molecule has 0 fully saturated rings. The molecular weight excluding hydrogens is 526 g/mol. The zero-order valence-electron chi connectivity index (χ0n) is 23.6. The van der Waals surface area contributed by atoms with E-state index >= 15 is 0 Å². The number of anilines is 1. The van der Waals surface area contributed by atoms with Crippen molar-refractivity contribution < 1.29 is 22.7 Å². The van der Waals surface area contributed by atoms with Crippen LogP contribution >= 0.6 is 0 Å². The van der Waals surface area contributed by atoms with Gasteiger partial charge in [-0.05, 0) is 62.1 Å². The molecule has 1 atom stereocenters. The number of amides is 2. The maximum Gasteiger partial charge on any atom is 0.244 e. The maximum absolute atomic E-state index is 13.7. The first-order valence-corrected chi connectivity index (χ1v) is 15.3. The Labute approximate surface area is 238 Å². The average Bonchev–Trinajstić information content (AvgIpc) is 2.93. The third-order valence-electron chi connectivity index (χ3n) is 6.35. The Morgan fingerprint density at radius 1 is 0.875 bits per heavy atom. The van der Waals surface area contributed by atoms with Crippen LogP contribution in [0, 0.1) is 0 Å². The average molecular weight is 566 g/mol. The minimum atomic E-state index is -3.81. The highest BCUT2D eigenvalue weighted by atomic mass is 32.2. The van der Waals surface area contributed by atoms with E-state index in [1.54, 1.807) is 24.3 Å². The van der Waals surface area contributed by atoms with Gasteiger partial charge in [0.25, 0.3) is 0 Å². The van der Waals surface area contributed by atoms with Crippen LogP contribution in [-0.2, 0) is 32.6 Å². The third kappa shape index (κ3) is 9.12. The summed E-state index contributed by atoms with van der Waals surface area (Å²) in [6.07, 6.45) is 1.99. The van der Waals surface area contributed by atoms with Crippen LogP contribution in [0.5, 0.6) is 5.75 Å². The second-order valence-electron chi connectivity index (χ2n) is 9.95. The molecule has 2 amide bonds. The molecule has 8 nitrogen and oxygen atoms in total. The minimum absolute atomic E-state index is 0.0947. The lowest BCUT2D eigenvalue weighted by Crippen LogP contribution is -2.54. The smallest absolute Gasteiger partial charge is 0.244 e. The Balaban J connectivity index is 1.81. The Morgan fingerprint density at radius 3 is 1.98 bits per heavy atom. The summed E-state index contributed by atoms with van der Waals surface area (Å²) in [7, 11) is -3.81. The van der Waals surface area contributed by atoms with Gasteiger partial charge in [-0.3, -0.25) is 13.9 Å². The van der Waals surface area contributed by atoms with Crippen molar-refractivity contribution in [2.75, 3.05) is 23.7 Å². The monoisotopic (exact) mass is 565 g/mol. The van der Waals surface area contributed by atoms with Gasteiger partial charge in [0.1, 0.15) is 24.9 Å². The lowest BCUT2D eigenvalue weighted by atomic mass is 10.1. The van der Waals surface area contributed by atoms with Crippen molar-refractivity contribution in [2.24, 2.45) is 0 Å². The predicted octanol–water partition coefficient (Wildman–Crippen LogP) is 4.41. The van der Waals surface area contributed by atoms with Gasteiger partial charge in [-0.25, -0.2) is 8.42 Å². The van der Waals surface area contributed by atoms with Crippen LogP contribution in [0.4, 0.5) is 5.69 Å². The third-order valence-corrected chi connectivity index (χ3v) is 7.49. The van der Waals surface area contributed by atoms with Gasteiger partial charge in [0.15, 0.2) is 0 Å². The summed E-state index contributed by atoms with van der Waals surface area (Å²) < 4.78 is 32.5. The SMILES string of the molecule is CC[C@@H](C(=O)NC(C)C)N(CCc1ccccc1)C(=O)CN(c1ccc(OCc2ccccc2)cc1)S(C)(=O)=O. The molecule has 0 heterocycles. The molecule has 0 bridgehead atoms. The Morgan fingerprint density at radius 2 is 1.45 bits per heavy atom. The summed E-state index contributed by atoms with van der Waals surface area (Å²) in [5, 5.41) is 2.89. The zero-order chi connectivity index (χ0) is 29.1. The fraction of sp³-hybridized carbons (Fsp3) is 0.355. The summed E-state index contributed by atoms with van der Waals surface area (Å²) in [6.45, 7) is 5.79. The van der Waals surface area contributed by atoms with Crippen molar-refractivity contribution in [3.8, 4) is 5.75 Å². The maximum atomic E-state index is 13.7. The quantitative estimate of drug-likeness (QED) is 0.313. The summed E-state index contributed by atoms with van der Waals surface area (Å²) >= 11 is 0. The fourth-order valence-electron chi connectivity index (χ4n) is 4.34. The second kappa shape index (κ2) is 14.5. The lowest BCUT2D eigenvalue weighted by Gasteiger charge is -2.33. The molecule has 0 radical (unpaired) electrons. The van der Waals surface area contributed by atoms with E-state index in [0.29, 0.717) is 30.9 Å². The van der Waals surface area contributed by atoms with Crippen LogP contribution in [0.15, 0.2) is 84.9 Å². The molecule has 3 rings (SSSR count). The molecule has 0 aliphatic rings. The van der Waals surface area contributed by atoms with E-state index in [1.807, 2.05) is 81.4 Å². The molecule has 40 heavy (non-hydrogen) atoms. The normalized spacial score (nSPS) is 12.0. The molecule has 0 saturated heterocycles. The number of carbonyl (C=O) groups is 2. The predicted molar refractivity (Wildman–Crippen MR) is 159 cm³/mol. The van der Waals surface area contributed by atoms with Crippen molar-refractivity contribution in [3.05, 3.63) is 96.1 Å². The number of ether oxygens (including phenoxy) is 1. The van der Waals surface area contributed by atoms with E-state index in [9.17, 15) is 18.0 Å². The molecule has 0 aliphatic carbocycles. The highest BCUT2D eigenvalue weighted by Gasteiger charge is 2.31. The molecule has 0 saturated carbocycles. The van der Waals surface area contributed by atoms with E-state index in [4.69, 9.17) is 4.74 Å². The van der Waals surface area contributed by atoms with Gasteiger partial charge in [-0.1, -0.05) is 67.6 Å². The number of nitrogens with one attached hydrogen (secondary N) is 1.